The minimum absolute atomic E-state index is 0.118. The summed E-state index contributed by atoms with van der Waals surface area (Å²) in [6.07, 6.45) is 0. The monoisotopic (exact) mass is 252 g/mol. The Kier molecular flexibility index (Phi) is 6.06. The van der Waals surface area contributed by atoms with Gasteiger partial charge in [-0.1, -0.05) is 72.2 Å². The summed E-state index contributed by atoms with van der Waals surface area (Å²) >= 11 is 0. The van der Waals surface area contributed by atoms with Gasteiger partial charge in [0.05, 0.1) is 6.67 Å². The van der Waals surface area contributed by atoms with E-state index >= 15 is 0 Å². The summed E-state index contributed by atoms with van der Waals surface area (Å²) in [5.74, 6) is 0. The summed E-state index contributed by atoms with van der Waals surface area (Å²) in [5, 5.41) is 0. The zero-order valence-corrected chi connectivity index (χ0v) is 13.3. The fourth-order valence-electron chi connectivity index (χ4n) is 1.68. The van der Waals surface area contributed by atoms with Crippen molar-refractivity contribution in [2.24, 2.45) is 0 Å². The molecule has 104 valence electrons. The van der Waals surface area contributed by atoms with E-state index in [1.54, 1.807) is 0 Å². The van der Waals surface area contributed by atoms with Crippen LogP contribution in [-0.2, 0) is 10.8 Å². The van der Waals surface area contributed by atoms with E-state index in [4.69, 9.17) is 0 Å². The molecule has 0 N–H and O–H groups in total. The Morgan fingerprint density at radius 2 is 1.33 bits per heavy atom. The van der Waals surface area contributed by atoms with Crippen molar-refractivity contribution in [1.29, 1.82) is 0 Å². The minimum Gasteiger partial charge on any atom is -0.250 e. The molecule has 0 saturated heterocycles. The molecule has 18 heavy (non-hydrogen) atoms. The maximum absolute atomic E-state index is 13.0. The van der Waals surface area contributed by atoms with Gasteiger partial charge in [0.1, 0.15) is 0 Å². The van der Waals surface area contributed by atoms with Gasteiger partial charge in [0, 0.05) is 5.41 Å². The second-order valence-corrected chi connectivity index (χ2v) is 6.36. The lowest BCUT2D eigenvalue weighted by atomic mass is 9.79. The van der Waals surface area contributed by atoms with Crippen LogP contribution >= 0.6 is 0 Å². The van der Waals surface area contributed by atoms with E-state index < -0.39 is 0 Å². The van der Waals surface area contributed by atoms with Gasteiger partial charge in [0.2, 0.25) is 0 Å². The Morgan fingerprint density at radius 1 is 0.889 bits per heavy atom. The van der Waals surface area contributed by atoms with Gasteiger partial charge in [-0.2, -0.15) is 0 Å². The Morgan fingerprint density at radius 3 is 1.72 bits per heavy atom. The number of halogens is 1. The fourth-order valence-corrected chi connectivity index (χ4v) is 1.68. The normalized spacial score (nSPS) is 11.8. The highest BCUT2D eigenvalue weighted by Gasteiger charge is 2.23. The molecule has 1 aromatic rings. The van der Waals surface area contributed by atoms with Crippen molar-refractivity contribution >= 4 is 0 Å². The summed E-state index contributed by atoms with van der Waals surface area (Å²) in [6, 6.07) is 6.43. The van der Waals surface area contributed by atoms with E-state index in [-0.39, 0.29) is 17.5 Å². The Labute approximate surface area is 113 Å². The third-order valence-electron chi connectivity index (χ3n) is 3.06. The molecule has 0 bridgehead atoms. The number of hydrogen-bond donors (Lipinski definition) is 0. The number of alkyl halides is 1. The molecule has 1 aromatic carbocycles. The van der Waals surface area contributed by atoms with Crippen LogP contribution in [-0.4, -0.2) is 6.67 Å². The highest BCUT2D eigenvalue weighted by molar-refractivity contribution is 5.37. The molecule has 0 heterocycles. The zero-order chi connectivity index (χ0) is 14.6. The van der Waals surface area contributed by atoms with Crippen LogP contribution < -0.4 is 0 Å². The molecule has 0 aromatic heterocycles. The molecule has 0 unspecified atom stereocenters. The van der Waals surface area contributed by atoms with Crippen molar-refractivity contribution in [2.45, 2.75) is 66.2 Å². The van der Waals surface area contributed by atoms with Gasteiger partial charge >= 0.3 is 0 Å². The maximum Gasteiger partial charge on any atom is 0.0985 e. The highest BCUT2D eigenvalue weighted by atomic mass is 19.1. The molecule has 0 amide bonds. The lowest BCUT2D eigenvalue weighted by Crippen LogP contribution is -2.21. The second kappa shape index (κ2) is 6.36. The molecule has 0 saturated carbocycles. The van der Waals surface area contributed by atoms with E-state index in [1.165, 1.54) is 11.1 Å². The summed E-state index contributed by atoms with van der Waals surface area (Å²) in [5.41, 5.74) is 3.33. The van der Waals surface area contributed by atoms with Crippen molar-refractivity contribution in [1.82, 2.24) is 0 Å². The standard InChI is InChI=1S/C15H23F.C2H6/c1-11-7-12(14(2,3)4)9-13(8-11)15(5,6)10-16;1-2/h7-9H,10H2,1-6H3;1-2H3. The third kappa shape index (κ3) is 4.44. The van der Waals surface area contributed by atoms with Crippen LogP contribution in [0.5, 0.6) is 0 Å². The first-order chi connectivity index (χ1) is 8.16. The molecule has 0 aliphatic heterocycles. The molecule has 0 aliphatic rings. The highest BCUT2D eigenvalue weighted by Crippen LogP contribution is 2.30. The molecular weight excluding hydrogens is 223 g/mol. The average molecular weight is 252 g/mol. The van der Waals surface area contributed by atoms with Gasteiger partial charge in [-0.3, -0.25) is 4.39 Å². The number of aryl methyl sites for hydroxylation is 1. The fraction of sp³-hybridized carbons (Fsp3) is 0.647. The minimum atomic E-state index is -0.383. The van der Waals surface area contributed by atoms with E-state index in [0.29, 0.717) is 0 Å². The summed E-state index contributed by atoms with van der Waals surface area (Å²) in [6.45, 7) is 16.2. The van der Waals surface area contributed by atoms with E-state index in [9.17, 15) is 4.39 Å². The van der Waals surface area contributed by atoms with Gasteiger partial charge in [-0.15, -0.1) is 0 Å². The van der Waals surface area contributed by atoms with Gasteiger partial charge in [-0.05, 0) is 23.5 Å². The molecule has 0 fully saturated rings. The first-order valence-electron chi connectivity index (χ1n) is 6.85. The van der Waals surface area contributed by atoms with Crippen LogP contribution in [0.4, 0.5) is 4.39 Å². The quantitative estimate of drug-likeness (QED) is 0.646. The Hall–Kier alpha value is -0.850. The summed E-state index contributed by atoms with van der Waals surface area (Å²) < 4.78 is 13.0. The summed E-state index contributed by atoms with van der Waals surface area (Å²) in [4.78, 5) is 0. The van der Waals surface area contributed by atoms with Crippen molar-refractivity contribution in [2.75, 3.05) is 6.67 Å². The average Bonchev–Trinajstić information content (AvgIpc) is 2.30. The largest absolute Gasteiger partial charge is 0.250 e. The number of benzene rings is 1. The van der Waals surface area contributed by atoms with Crippen molar-refractivity contribution in [3.8, 4) is 0 Å². The topological polar surface area (TPSA) is 0 Å². The number of hydrogen-bond acceptors (Lipinski definition) is 0. The van der Waals surface area contributed by atoms with E-state index in [1.807, 2.05) is 27.7 Å². The first kappa shape index (κ1) is 17.2. The molecule has 1 heteroatoms. The molecular formula is C17H29F. The maximum atomic E-state index is 13.0. The first-order valence-corrected chi connectivity index (χ1v) is 6.85. The lowest BCUT2D eigenvalue weighted by molar-refractivity contribution is 0.350. The molecule has 0 nitrogen and oxygen atoms in total. The Balaban J connectivity index is 0.00000137. The third-order valence-corrected chi connectivity index (χ3v) is 3.06. The van der Waals surface area contributed by atoms with Crippen molar-refractivity contribution in [3.63, 3.8) is 0 Å². The van der Waals surface area contributed by atoms with E-state index in [0.717, 1.165) is 5.56 Å². The van der Waals surface area contributed by atoms with Crippen LogP contribution in [0.3, 0.4) is 0 Å². The predicted octanol–water partition coefficient (Wildman–Crippen LogP) is 5.57. The van der Waals surface area contributed by atoms with Crippen LogP contribution in [0.25, 0.3) is 0 Å². The van der Waals surface area contributed by atoms with Crippen LogP contribution in [0.15, 0.2) is 18.2 Å². The molecule has 1 rings (SSSR count). The SMILES string of the molecule is CC.Cc1cc(C(C)(C)C)cc(C(C)(C)CF)c1. The van der Waals surface area contributed by atoms with Gasteiger partial charge in [-0.25, -0.2) is 0 Å². The van der Waals surface area contributed by atoms with Gasteiger partial charge in [0.25, 0.3) is 0 Å². The van der Waals surface area contributed by atoms with E-state index in [2.05, 4.69) is 45.9 Å². The van der Waals surface area contributed by atoms with Crippen LogP contribution in [0.2, 0.25) is 0 Å². The zero-order valence-electron chi connectivity index (χ0n) is 13.3. The van der Waals surface area contributed by atoms with Crippen molar-refractivity contribution < 1.29 is 4.39 Å². The molecule has 0 aliphatic carbocycles. The lowest BCUT2D eigenvalue weighted by Gasteiger charge is -2.26. The molecule has 0 spiro atoms. The van der Waals surface area contributed by atoms with Crippen LogP contribution in [0, 0.1) is 6.92 Å². The number of rotatable bonds is 2. The second-order valence-electron chi connectivity index (χ2n) is 6.36. The summed E-state index contributed by atoms with van der Waals surface area (Å²) in [7, 11) is 0. The Bertz CT molecular complexity index is 370. The molecule has 0 atom stereocenters. The predicted molar refractivity (Wildman–Crippen MR) is 80.2 cm³/mol. The van der Waals surface area contributed by atoms with Gasteiger partial charge in [0.15, 0.2) is 0 Å². The van der Waals surface area contributed by atoms with Crippen molar-refractivity contribution in [3.05, 3.63) is 34.9 Å². The van der Waals surface area contributed by atoms with Gasteiger partial charge < -0.3 is 0 Å². The molecule has 0 radical (unpaired) electrons. The van der Waals surface area contributed by atoms with Crippen LogP contribution in [0.1, 0.15) is 65.2 Å². The smallest absolute Gasteiger partial charge is 0.0985 e.